The van der Waals surface area contributed by atoms with Crippen LogP contribution in [0.5, 0.6) is 5.75 Å². The van der Waals surface area contributed by atoms with E-state index in [9.17, 15) is 14.4 Å². The van der Waals surface area contributed by atoms with Gasteiger partial charge in [0.2, 0.25) is 5.91 Å². The van der Waals surface area contributed by atoms with Crippen molar-refractivity contribution < 1.29 is 23.9 Å². The number of amides is 2. The van der Waals surface area contributed by atoms with Crippen LogP contribution in [0.2, 0.25) is 0 Å². The van der Waals surface area contributed by atoms with Crippen molar-refractivity contribution in [2.75, 3.05) is 26.3 Å². The number of carbonyl (C=O) groups is 3. The van der Waals surface area contributed by atoms with Gasteiger partial charge in [-0.05, 0) is 52.9 Å². The zero-order chi connectivity index (χ0) is 23.5. The molecule has 2 amide bonds. The molecule has 7 nitrogen and oxygen atoms in total. The lowest BCUT2D eigenvalue weighted by atomic mass is 10.1. The SMILES string of the molecule is CCCCCCOc1ccc(C(=O)N2CCNC(=O)C2CC(=O)OCCC(C)C)cc1Br. The minimum atomic E-state index is -0.879. The Balaban J connectivity index is 2.01. The summed E-state index contributed by atoms with van der Waals surface area (Å²) in [5, 5.41) is 2.74. The minimum Gasteiger partial charge on any atom is -0.492 e. The molecule has 1 aliphatic rings. The molecule has 1 atom stereocenters. The highest BCUT2D eigenvalue weighted by molar-refractivity contribution is 9.10. The van der Waals surface area contributed by atoms with Gasteiger partial charge in [0.1, 0.15) is 11.8 Å². The van der Waals surface area contributed by atoms with Gasteiger partial charge in [0.15, 0.2) is 0 Å². The number of ether oxygens (including phenoxy) is 2. The summed E-state index contributed by atoms with van der Waals surface area (Å²) >= 11 is 3.48. The van der Waals surface area contributed by atoms with E-state index >= 15 is 0 Å². The first-order chi connectivity index (χ1) is 15.3. The van der Waals surface area contributed by atoms with E-state index < -0.39 is 12.0 Å². The molecule has 0 bridgehead atoms. The van der Waals surface area contributed by atoms with E-state index in [1.807, 2.05) is 13.8 Å². The molecule has 0 spiro atoms. The Morgan fingerprint density at radius 3 is 2.69 bits per heavy atom. The second-order valence-corrected chi connectivity index (χ2v) is 9.32. The number of piperazine rings is 1. The van der Waals surface area contributed by atoms with E-state index in [1.54, 1.807) is 18.2 Å². The molecular weight excluding hydrogens is 476 g/mol. The summed E-state index contributed by atoms with van der Waals surface area (Å²) in [6, 6.07) is 4.28. The lowest BCUT2D eigenvalue weighted by molar-refractivity contribution is -0.148. The van der Waals surface area contributed by atoms with Gasteiger partial charge in [-0.2, -0.15) is 0 Å². The van der Waals surface area contributed by atoms with E-state index in [-0.39, 0.29) is 18.2 Å². The van der Waals surface area contributed by atoms with Crippen LogP contribution in [0.4, 0.5) is 0 Å². The standard InChI is InChI=1S/C24H35BrN2O5/c1-4-5-6-7-13-31-21-9-8-18(15-19(21)25)24(30)27-12-11-26-23(29)20(27)16-22(28)32-14-10-17(2)3/h8-9,15,17,20H,4-7,10-14,16H2,1-3H3,(H,26,29). The van der Waals surface area contributed by atoms with Gasteiger partial charge < -0.3 is 19.7 Å². The van der Waals surface area contributed by atoms with Crippen molar-refractivity contribution >= 4 is 33.7 Å². The van der Waals surface area contributed by atoms with E-state index in [1.165, 1.54) is 17.7 Å². The smallest absolute Gasteiger partial charge is 0.308 e. The fraction of sp³-hybridized carbons (Fsp3) is 0.625. The van der Waals surface area contributed by atoms with Crippen molar-refractivity contribution in [3.8, 4) is 5.75 Å². The van der Waals surface area contributed by atoms with Crippen LogP contribution in [0.3, 0.4) is 0 Å². The number of hydrogen-bond donors (Lipinski definition) is 1. The molecule has 2 rings (SSSR count). The van der Waals surface area contributed by atoms with Crippen LogP contribution >= 0.6 is 15.9 Å². The van der Waals surface area contributed by atoms with Crippen LogP contribution in [-0.4, -0.2) is 55.0 Å². The Labute approximate surface area is 199 Å². The Bertz CT molecular complexity index is 784. The summed E-state index contributed by atoms with van der Waals surface area (Å²) < 4.78 is 11.8. The highest BCUT2D eigenvalue weighted by Gasteiger charge is 2.35. The number of benzene rings is 1. The average Bonchev–Trinajstić information content (AvgIpc) is 2.75. The van der Waals surface area contributed by atoms with Gasteiger partial charge in [-0.25, -0.2) is 0 Å². The van der Waals surface area contributed by atoms with Crippen molar-refractivity contribution in [3.05, 3.63) is 28.2 Å². The van der Waals surface area contributed by atoms with Crippen molar-refractivity contribution in [2.24, 2.45) is 5.92 Å². The largest absolute Gasteiger partial charge is 0.492 e. The molecule has 178 valence electrons. The Morgan fingerprint density at radius 1 is 1.22 bits per heavy atom. The third-order valence-electron chi connectivity index (χ3n) is 5.34. The first-order valence-electron chi connectivity index (χ1n) is 11.5. The van der Waals surface area contributed by atoms with Gasteiger partial charge in [-0.1, -0.05) is 40.0 Å². The summed E-state index contributed by atoms with van der Waals surface area (Å²) in [4.78, 5) is 39.3. The molecule has 0 radical (unpaired) electrons. The minimum absolute atomic E-state index is 0.157. The zero-order valence-corrected chi connectivity index (χ0v) is 20.9. The second kappa shape index (κ2) is 13.5. The summed E-state index contributed by atoms with van der Waals surface area (Å²) in [5.41, 5.74) is 0.433. The lowest BCUT2D eigenvalue weighted by Crippen LogP contribution is -2.57. The summed E-state index contributed by atoms with van der Waals surface area (Å²) in [7, 11) is 0. The number of rotatable bonds is 12. The van der Waals surface area contributed by atoms with E-state index in [2.05, 4.69) is 28.2 Å². The van der Waals surface area contributed by atoms with Crippen molar-refractivity contribution in [2.45, 2.75) is 65.3 Å². The predicted octanol–water partition coefficient (Wildman–Crippen LogP) is 4.33. The molecule has 32 heavy (non-hydrogen) atoms. The van der Waals surface area contributed by atoms with Crippen LogP contribution < -0.4 is 10.1 Å². The molecule has 0 aromatic heterocycles. The highest BCUT2D eigenvalue weighted by Crippen LogP contribution is 2.27. The number of hydrogen-bond acceptors (Lipinski definition) is 5. The van der Waals surface area contributed by atoms with Crippen LogP contribution in [0, 0.1) is 5.92 Å². The summed E-state index contributed by atoms with van der Waals surface area (Å²) in [6.45, 7) is 7.88. The highest BCUT2D eigenvalue weighted by atomic mass is 79.9. The zero-order valence-electron chi connectivity index (χ0n) is 19.3. The third-order valence-corrected chi connectivity index (χ3v) is 5.96. The maximum atomic E-state index is 13.2. The van der Waals surface area contributed by atoms with Gasteiger partial charge in [-0.3, -0.25) is 14.4 Å². The molecule has 1 aliphatic heterocycles. The number of esters is 1. The number of nitrogens with one attached hydrogen (secondary N) is 1. The third kappa shape index (κ3) is 8.11. The van der Waals surface area contributed by atoms with Crippen molar-refractivity contribution in [3.63, 3.8) is 0 Å². The van der Waals surface area contributed by atoms with Crippen molar-refractivity contribution in [1.29, 1.82) is 0 Å². The molecule has 1 heterocycles. The van der Waals surface area contributed by atoms with Gasteiger partial charge in [-0.15, -0.1) is 0 Å². The molecular formula is C24H35BrN2O5. The Kier molecular flexibility index (Phi) is 11.0. The van der Waals surface area contributed by atoms with E-state index in [4.69, 9.17) is 9.47 Å². The Morgan fingerprint density at radius 2 is 2.00 bits per heavy atom. The van der Waals surface area contributed by atoms with Crippen molar-refractivity contribution in [1.82, 2.24) is 10.2 Å². The monoisotopic (exact) mass is 510 g/mol. The van der Waals surface area contributed by atoms with Crippen LogP contribution in [-0.2, 0) is 14.3 Å². The number of carbonyl (C=O) groups excluding carboxylic acids is 3. The van der Waals surface area contributed by atoms with Crippen LogP contribution in [0.1, 0.15) is 69.7 Å². The fourth-order valence-corrected chi connectivity index (χ4v) is 3.91. The topological polar surface area (TPSA) is 84.9 Å². The van der Waals surface area contributed by atoms with Crippen LogP contribution in [0.25, 0.3) is 0 Å². The number of halogens is 1. The molecule has 1 fully saturated rings. The van der Waals surface area contributed by atoms with Gasteiger partial charge in [0.25, 0.3) is 5.91 Å². The molecule has 1 aromatic rings. The molecule has 0 saturated carbocycles. The maximum absolute atomic E-state index is 13.2. The van der Waals surface area contributed by atoms with Gasteiger partial charge >= 0.3 is 5.97 Å². The molecule has 1 N–H and O–H groups in total. The summed E-state index contributed by atoms with van der Waals surface area (Å²) in [5.74, 6) is -0.00894. The summed E-state index contributed by atoms with van der Waals surface area (Å²) in [6.07, 6.45) is 5.07. The molecule has 8 heteroatoms. The number of unbranched alkanes of at least 4 members (excludes halogenated alkanes) is 3. The van der Waals surface area contributed by atoms with Gasteiger partial charge in [0, 0.05) is 18.7 Å². The molecule has 1 saturated heterocycles. The predicted molar refractivity (Wildman–Crippen MR) is 127 cm³/mol. The van der Waals surface area contributed by atoms with E-state index in [0.717, 1.165) is 19.3 Å². The average molecular weight is 511 g/mol. The normalized spacial score (nSPS) is 16.1. The molecule has 1 unspecified atom stereocenters. The van der Waals surface area contributed by atoms with Gasteiger partial charge in [0.05, 0.1) is 24.1 Å². The fourth-order valence-electron chi connectivity index (χ4n) is 3.41. The molecule has 1 aromatic carbocycles. The van der Waals surface area contributed by atoms with Crippen LogP contribution in [0.15, 0.2) is 22.7 Å². The molecule has 0 aliphatic carbocycles. The number of nitrogens with zero attached hydrogens (tertiary/aromatic N) is 1. The quantitative estimate of drug-likeness (QED) is 0.334. The first-order valence-corrected chi connectivity index (χ1v) is 12.3. The van der Waals surface area contributed by atoms with E-state index in [0.29, 0.717) is 48.0 Å². The lowest BCUT2D eigenvalue weighted by Gasteiger charge is -2.34. The second-order valence-electron chi connectivity index (χ2n) is 8.47. The Hall–Kier alpha value is -2.09. The first kappa shape index (κ1) is 26.2. The maximum Gasteiger partial charge on any atom is 0.308 e.